The highest BCUT2D eigenvalue weighted by molar-refractivity contribution is 6.31. The fourth-order valence-electron chi connectivity index (χ4n) is 3.03. The lowest BCUT2D eigenvalue weighted by atomic mass is 10.0. The van der Waals surface area contributed by atoms with E-state index in [9.17, 15) is 4.79 Å². The molecule has 0 radical (unpaired) electrons. The van der Waals surface area contributed by atoms with Gasteiger partial charge >= 0.3 is 0 Å². The Kier molecular flexibility index (Phi) is 2.92. The lowest BCUT2D eigenvalue weighted by molar-refractivity contribution is 0.100. The van der Waals surface area contributed by atoms with E-state index in [1.54, 1.807) is 12.1 Å². The Morgan fingerprint density at radius 3 is 2.61 bits per heavy atom. The minimum atomic E-state index is -0.392. The fraction of sp³-hybridized carbons (Fsp3) is 0.462. The number of nitrogens with one attached hydrogen (secondary N) is 1. The van der Waals surface area contributed by atoms with Gasteiger partial charge < -0.3 is 16.0 Å². The number of fused-ring (bicyclic) bond motifs is 1. The number of rotatable bonds is 2. The van der Waals surface area contributed by atoms with Gasteiger partial charge in [0.15, 0.2) is 0 Å². The summed E-state index contributed by atoms with van der Waals surface area (Å²) in [6.45, 7) is 4.07. The van der Waals surface area contributed by atoms with Gasteiger partial charge in [-0.3, -0.25) is 4.79 Å². The van der Waals surface area contributed by atoms with Crippen molar-refractivity contribution in [3.05, 3.63) is 28.8 Å². The number of primary amides is 1. The topological polar surface area (TPSA) is 58.4 Å². The highest BCUT2D eigenvalue weighted by Gasteiger charge is 2.37. The molecule has 3 N–H and O–H groups in total. The number of nitrogens with zero attached hydrogens (tertiary/aromatic N) is 1. The molecule has 5 heteroatoms. The highest BCUT2D eigenvalue weighted by atomic mass is 35.5. The van der Waals surface area contributed by atoms with Crippen molar-refractivity contribution in [2.45, 2.75) is 0 Å². The van der Waals surface area contributed by atoms with Crippen LogP contribution in [0.3, 0.4) is 0 Å². The molecular weight excluding hydrogens is 250 g/mol. The molecule has 2 atom stereocenters. The molecule has 3 rings (SSSR count). The second-order valence-electron chi connectivity index (χ2n) is 5.11. The molecule has 18 heavy (non-hydrogen) atoms. The molecular formula is C13H16ClN3O. The maximum atomic E-state index is 11.5. The third-order valence-corrected chi connectivity index (χ3v) is 4.19. The second-order valence-corrected chi connectivity index (χ2v) is 5.55. The zero-order chi connectivity index (χ0) is 12.7. The van der Waals surface area contributed by atoms with Gasteiger partial charge in [-0.15, -0.1) is 0 Å². The highest BCUT2D eigenvalue weighted by Crippen LogP contribution is 2.33. The third-order valence-electron chi connectivity index (χ3n) is 3.96. The maximum absolute atomic E-state index is 11.5. The first kappa shape index (κ1) is 11.8. The van der Waals surface area contributed by atoms with Crippen LogP contribution in [-0.4, -0.2) is 32.1 Å². The summed E-state index contributed by atoms with van der Waals surface area (Å²) in [5.41, 5.74) is 6.87. The molecule has 0 bridgehead atoms. The summed E-state index contributed by atoms with van der Waals surface area (Å²) in [5.74, 6) is 0.950. The van der Waals surface area contributed by atoms with E-state index in [0.717, 1.165) is 31.9 Å². The van der Waals surface area contributed by atoms with Crippen molar-refractivity contribution < 1.29 is 4.79 Å². The smallest absolute Gasteiger partial charge is 0.250 e. The van der Waals surface area contributed by atoms with E-state index in [1.165, 1.54) is 0 Å². The number of halogens is 1. The summed E-state index contributed by atoms with van der Waals surface area (Å²) in [4.78, 5) is 13.7. The zero-order valence-corrected chi connectivity index (χ0v) is 10.8. The number of carbonyl (C=O) groups is 1. The summed E-state index contributed by atoms with van der Waals surface area (Å²) in [5, 5.41) is 4.04. The minimum absolute atomic E-state index is 0.392. The molecule has 4 nitrogen and oxygen atoms in total. The number of nitrogens with two attached hydrogens (primary N) is 1. The molecule has 2 saturated heterocycles. The predicted molar refractivity (Wildman–Crippen MR) is 72.0 cm³/mol. The van der Waals surface area contributed by atoms with E-state index < -0.39 is 5.91 Å². The van der Waals surface area contributed by atoms with Gasteiger partial charge in [-0.2, -0.15) is 0 Å². The SMILES string of the molecule is NC(=O)c1ccc(Cl)cc1N1C[C@H]2CNC[C@H]2C1. The van der Waals surface area contributed by atoms with Gasteiger partial charge in [0.2, 0.25) is 0 Å². The lowest BCUT2D eigenvalue weighted by Gasteiger charge is -2.22. The van der Waals surface area contributed by atoms with Gasteiger partial charge in [-0.05, 0) is 30.0 Å². The van der Waals surface area contributed by atoms with Crippen LogP contribution in [0.25, 0.3) is 0 Å². The monoisotopic (exact) mass is 265 g/mol. The predicted octanol–water partition coefficient (Wildman–Crippen LogP) is 1.09. The van der Waals surface area contributed by atoms with Crippen molar-refractivity contribution in [2.75, 3.05) is 31.1 Å². The molecule has 0 aliphatic carbocycles. The Bertz CT molecular complexity index is 479. The van der Waals surface area contributed by atoms with Crippen molar-refractivity contribution >= 4 is 23.2 Å². The summed E-state index contributed by atoms with van der Waals surface area (Å²) < 4.78 is 0. The van der Waals surface area contributed by atoms with Crippen LogP contribution in [0.1, 0.15) is 10.4 Å². The van der Waals surface area contributed by atoms with Crippen molar-refractivity contribution in [1.82, 2.24) is 5.32 Å². The van der Waals surface area contributed by atoms with Crippen molar-refractivity contribution in [3.8, 4) is 0 Å². The lowest BCUT2D eigenvalue weighted by Crippen LogP contribution is -2.27. The Hall–Kier alpha value is -1.26. The Morgan fingerprint density at radius 2 is 2.00 bits per heavy atom. The maximum Gasteiger partial charge on any atom is 0.250 e. The first-order valence-corrected chi connectivity index (χ1v) is 6.58. The standard InChI is InChI=1S/C13H16ClN3O/c14-10-1-2-11(13(15)18)12(3-10)17-6-8-4-16-5-9(8)7-17/h1-3,8-9,16H,4-7H2,(H2,15,18)/t8-,9+. The molecule has 1 aromatic rings. The van der Waals surface area contributed by atoms with Crippen LogP contribution in [0.4, 0.5) is 5.69 Å². The van der Waals surface area contributed by atoms with Crippen LogP contribution in [0.15, 0.2) is 18.2 Å². The molecule has 2 aliphatic heterocycles. The summed E-state index contributed by atoms with van der Waals surface area (Å²) >= 11 is 6.03. The normalized spacial score (nSPS) is 26.4. The van der Waals surface area contributed by atoms with E-state index in [4.69, 9.17) is 17.3 Å². The molecule has 2 heterocycles. The van der Waals surface area contributed by atoms with Gasteiger partial charge in [-0.25, -0.2) is 0 Å². The molecule has 2 fully saturated rings. The molecule has 0 aromatic heterocycles. The molecule has 2 aliphatic rings. The molecule has 1 amide bonds. The van der Waals surface area contributed by atoms with Gasteiger partial charge in [0.05, 0.1) is 11.3 Å². The number of hydrogen-bond donors (Lipinski definition) is 2. The van der Waals surface area contributed by atoms with E-state index >= 15 is 0 Å². The van der Waals surface area contributed by atoms with Crippen molar-refractivity contribution in [2.24, 2.45) is 17.6 Å². The molecule has 0 unspecified atom stereocenters. The van der Waals surface area contributed by atoms with Gasteiger partial charge in [-0.1, -0.05) is 11.6 Å². The number of amides is 1. The van der Waals surface area contributed by atoms with E-state index in [1.807, 2.05) is 6.07 Å². The van der Waals surface area contributed by atoms with Crippen LogP contribution >= 0.6 is 11.6 Å². The number of benzene rings is 1. The van der Waals surface area contributed by atoms with E-state index in [-0.39, 0.29) is 0 Å². The average Bonchev–Trinajstić information content (AvgIpc) is 2.88. The molecule has 96 valence electrons. The van der Waals surface area contributed by atoms with E-state index in [0.29, 0.717) is 22.4 Å². The van der Waals surface area contributed by atoms with Gasteiger partial charge in [0, 0.05) is 31.2 Å². The quantitative estimate of drug-likeness (QED) is 0.842. The van der Waals surface area contributed by atoms with Crippen LogP contribution in [0.5, 0.6) is 0 Å². The largest absolute Gasteiger partial charge is 0.370 e. The summed E-state index contributed by atoms with van der Waals surface area (Å²) in [7, 11) is 0. The Morgan fingerprint density at radius 1 is 1.33 bits per heavy atom. The van der Waals surface area contributed by atoms with Gasteiger partial charge in [0.1, 0.15) is 0 Å². The Labute approximate surface area is 111 Å². The Balaban J connectivity index is 1.92. The van der Waals surface area contributed by atoms with Crippen LogP contribution in [0, 0.1) is 11.8 Å². The average molecular weight is 266 g/mol. The van der Waals surface area contributed by atoms with Gasteiger partial charge in [0.25, 0.3) is 5.91 Å². The van der Waals surface area contributed by atoms with E-state index in [2.05, 4.69) is 10.2 Å². The van der Waals surface area contributed by atoms with Crippen molar-refractivity contribution in [1.29, 1.82) is 0 Å². The zero-order valence-electron chi connectivity index (χ0n) is 10.0. The van der Waals surface area contributed by atoms with Crippen LogP contribution in [-0.2, 0) is 0 Å². The summed E-state index contributed by atoms with van der Waals surface area (Å²) in [6.07, 6.45) is 0. The molecule has 1 aromatic carbocycles. The minimum Gasteiger partial charge on any atom is -0.370 e. The second kappa shape index (κ2) is 4.44. The number of anilines is 1. The first-order valence-electron chi connectivity index (χ1n) is 6.20. The van der Waals surface area contributed by atoms with Crippen molar-refractivity contribution in [3.63, 3.8) is 0 Å². The number of carbonyl (C=O) groups excluding carboxylic acids is 1. The van der Waals surface area contributed by atoms with Crippen LogP contribution in [0.2, 0.25) is 5.02 Å². The molecule has 0 spiro atoms. The third kappa shape index (κ3) is 1.95. The first-order chi connectivity index (χ1) is 8.65. The fourth-order valence-corrected chi connectivity index (χ4v) is 3.19. The number of hydrogen-bond acceptors (Lipinski definition) is 3. The van der Waals surface area contributed by atoms with Crippen LogP contribution < -0.4 is 16.0 Å². The summed E-state index contributed by atoms with van der Waals surface area (Å²) in [6, 6.07) is 5.27. The molecule has 0 saturated carbocycles.